The van der Waals surface area contributed by atoms with Gasteiger partial charge in [-0.05, 0) is 49.8 Å². The number of ether oxygens (including phenoxy) is 1. The number of nitrogens with zero attached hydrogens (tertiary/aromatic N) is 1. The molecule has 190 valence electrons. The van der Waals surface area contributed by atoms with Crippen LogP contribution < -0.4 is 15.9 Å². The lowest BCUT2D eigenvalue weighted by molar-refractivity contribution is -0.120. The van der Waals surface area contributed by atoms with E-state index in [1.807, 2.05) is 43.3 Å². The third kappa shape index (κ3) is 7.76. The summed E-state index contributed by atoms with van der Waals surface area (Å²) in [6.45, 7) is 3.50. The molecule has 3 N–H and O–H groups in total. The van der Waals surface area contributed by atoms with Crippen LogP contribution in [0.5, 0.6) is 5.75 Å². The number of allylic oxidation sites excluding steroid dienone is 1. The Balaban J connectivity index is 1.64. The minimum atomic E-state index is -1.27. The smallest absolute Gasteiger partial charge is 0.224 e. The monoisotopic (exact) mass is 517 g/mol. The standard InChI is InChI=1S/C27H27ClF3N3O2/c1-17(33-27(35)11-19-6-4-3-5-7-19)10-18(2)34(32)15-20-12-22(28)8-9-26(20)36-16-21-13-24(30)25(31)14-23(21)29/h3-10,12-14,17H,11,15-16,32H2,1-2H3,(H,33,35)/b18-10-. The van der Waals surface area contributed by atoms with Gasteiger partial charge in [-0.15, -0.1) is 0 Å². The maximum absolute atomic E-state index is 14.0. The number of rotatable bonds is 10. The van der Waals surface area contributed by atoms with Gasteiger partial charge in [-0.25, -0.2) is 19.0 Å². The Kier molecular flexibility index (Phi) is 9.38. The quantitative estimate of drug-likeness (QED) is 0.207. The van der Waals surface area contributed by atoms with Crippen molar-refractivity contribution in [3.63, 3.8) is 0 Å². The molecule has 0 aliphatic carbocycles. The molecule has 3 rings (SSSR count). The summed E-state index contributed by atoms with van der Waals surface area (Å²) in [5, 5.41) is 4.81. The minimum absolute atomic E-state index is 0.115. The van der Waals surface area contributed by atoms with Crippen LogP contribution in [0.25, 0.3) is 0 Å². The van der Waals surface area contributed by atoms with Crippen LogP contribution in [0.2, 0.25) is 5.02 Å². The zero-order chi connectivity index (χ0) is 26.2. The molecule has 3 aromatic rings. The summed E-state index contributed by atoms with van der Waals surface area (Å²) in [5.41, 5.74) is 2.07. The Hall–Kier alpha value is -3.49. The van der Waals surface area contributed by atoms with Crippen LogP contribution in [0.3, 0.4) is 0 Å². The highest BCUT2D eigenvalue weighted by molar-refractivity contribution is 6.30. The number of amides is 1. The van der Waals surface area contributed by atoms with Crippen molar-refractivity contribution in [2.75, 3.05) is 0 Å². The molecular formula is C27H27ClF3N3O2. The summed E-state index contributed by atoms with van der Waals surface area (Å²) < 4.78 is 46.3. The topological polar surface area (TPSA) is 67.6 Å². The van der Waals surface area contributed by atoms with Crippen molar-refractivity contribution in [3.8, 4) is 5.75 Å². The van der Waals surface area contributed by atoms with Crippen molar-refractivity contribution in [1.29, 1.82) is 0 Å². The molecule has 9 heteroatoms. The summed E-state index contributed by atoms with van der Waals surface area (Å²) in [7, 11) is 0. The van der Waals surface area contributed by atoms with Gasteiger partial charge in [0.25, 0.3) is 0 Å². The van der Waals surface area contributed by atoms with E-state index in [0.717, 1.165) is 11.6 Å². The number of halogens is 4. The van der Waals surface area contributed by atoms with Crippen molar-refractivity contribution in [1.82, 2.24) is 10.3 Å². The van der Waals surface area contributed by atoms with E-state index in [2.05, 4.69) is 5.32 Å². The predicted molar refractivity (Wildman–Crippen MR) is 133 cm³/mol. The lowest BCUT2D eigenvalue weighted by atomic mass is 10.1. The molecule has 5 nitrogen and oxygen atoms in total. The lowest BCUT2D eigenvalue weighted by Crippen LogP contribution is -2.35. The van der Waals surface area contributed by atoms with Gasteiger partial charge in [-0.1, -0.05) is 41.9 Å². The predicted octanol–water partition coefficient (Wildman–Crippen LogP) is 5.66. The zero-order valence-corrected chi connectivity index (χ0v) is 20.7. The van der Waals surface area contributed by atoms with Gasteiger partial charge in [-0.2, -0.15) is 0 Å². The summed E-state index contributed by atoms with van der Waals surface area (Å²) >= 11 is 6.14. The molecule has 1 atom stereocenters. The normalized spacial score (nSPS) is 12.2. The Labute approximate surface area is 213 Å². The number of nitrogens with two attached hydrogens (primary N) is 1. The van der Waals surface area contributed by atoms with Crippen LogP contribution in [0.15, 0.2) is 72.4 Å². The first-order valence-corrected chi connectivity index (χ1v) is 11.6. The van der Waals surface area contributed by atoms with E-state index in [0.29, 0.717) is 28.1 Å². The third-order valence-corrected chi connectivity index (χ3v) is 5.61. The molecule has 0 radical (unpaired) electrons. The first-order valence-electron chi connectivity index (χ1n) is 11.2. The van der Waals surface area contributed by atoms with Crippen LogP contribution in [0.1, 0.15) is 30.5 Å². The van der Waals surface area contributed by atoms with Crippen molar-refractivity contribution < 1.29 is 22.7 Å². The highest BCUT2D eigenvalue weighted by Crippen LogP contribution is 2.26. The summed E-state index contributed by atoms with van der Waals surface area (Å²) in [6, 6.07) is 15.2. The molecule has 1 amide bonds. The number of benzene rings is 3. The van der Waals surface area contributed by atoms with Crippen molar-refractivity contribution in [2.24, 2.45) is 5.84 Å². The Bertz CT molecular complexity index is 1240. The molecule has 0 spiro atoms. The van der Waals surface area contributed by atoms with Crippen molar-refractivity contribution in [3.05, 3.63) is 112 Å². The average Bonchev–Trinajstić information content (AvgIpc) is 2.82. The van der Waals surface area contributed by atoms with Crippen LogP contribution >= 0.6 is 11.6 Å². The molecule has 0 aliphatic heterocycles. The Morgan fingerprint density at radius 3 is 2.47 bits per heavy atom. The van der Waals surface area contributed by atoms with E-state index in [9.17, 15) is 18.0 Å². The van der Waals surface area contributed by atoms with Gasteiger partial charge >= 0.3 is 0 Å². The first-order chi connectivity index (χ1) is 17.1. The number of nitrogens with one attached hydrogen (secondary N) is 1. The van der Waals surface area contributed by atoms with E-state index in [1.54, 1.807) is 25.1 Å². The average molecular weight is 518 g/mol. The van der Waals surface area contributed by atoms with Crippen LogP contribution in [-0.4, -0.2) is 17.0 Å². The Morgan fingerprint density at radius 2 is 1.75 bits per heavy atom. The van der Waals surface area contributed by atoms with Gasteiger partial charge in [0.2, 0.25) is 5.91 Å². The van der Waals surface area contributed by atoms with Crippen LogP contribution in [0.4, 0.5) is 13.2 Å². The van der Waals surface area contributed by atoms with E-state index >= 15 is 0 Å². The fourth-order valence-corrected chi connectivity index (χ4v) is 3.73. The van der Waals surface area contributed by atoms with Gasteiger partial charge in [0.05, 0.1) is 13.0 Å². The lowest BCUT2D eigenvalue weighted by Gasteiger charge is -2.23. The maximum atomic E-state index is 14.0. The second-order valence-corrected chi connectivity index (χ2v) is 8.79. The summed E-state index contributed by atoms with van der Waals surface area (Å²) in [6.07, 6.45) is 2.08. The second-order valence-electron chi connectivity index (χ2n) is 8.35. The van der Waals surface area contributed by atoms with E-state index in [-0.39, 0.29) is 37.1 Å². The number of hydrazine groups is 1. The molecule has 0 fully saturated rings. The molecule has 0 aliphatic rings. The molecule has 0 saturated carbocycles. The first kappa shape index (κ1) is 27.1. The van der Waals surface area contributed by atoms with Crippen LogP contribution in [-0.2, 0) is 24.4 Å². The van der Waals surface area contributed by atoms with Gasteiger partial charge in [0.1, 0.15) is 18.2 Å². The second kappa shape index (κ2) is 12.5. The molecular weight excluding hydrogens is 491 g/mol. The molecule has 0 bridgehead atoms. The number of hydrogen-bond donors (Lipinski definition) is 2. The van der Waals surface area contributed by atoms with Gasteiger partial charge in [0.15, 0.2) is 11.6 Å². The van der Waals surface area contributed by atoms with E-state index in [4.69, 9.17) is 22.2 Å². The molecule has 0 heterocycles. The van der Waals surface area contributed by atoms with Gasteiger partial charge in [0, 0.05) is 34.0 Å². The number of hydrogen-bond acceptors (Lipinski definition) is 4. The fourth-order valence-electron chi connectivity index (χ4n) is 3.54. The van der Waals surface area contributed by atoms with Gasteiger partial charge < -0.3 is 15.1 Å². The highest BCUT2D eigenvalue weighted by Gasteiger charge is 2.14. The maximum Gasteiger partial charge on any atom is 0.224 e. The minimum Gasteiger partial charge on any atom is -0.488 e. The third-order valence-electron chi connectivity index (χ3n) is 5.38. The molecule has 36 heavy (non-hydrogen) atoms. The summed E-state index contributed by atoms with van der Waals surface area (Å²) in [5.74, 6) is 3.14. The molecule has 3 aromatic carbocycles. The van der Waals surface area contributed by atoms with E-state index < -0.39 is 17.5 Å². The number of carbonyl (C=O) groups excluding carboxylic acids is 1. The molecule has 0 aromatic heterocycles. The Morgan fingerprint density at radius 1 is 1.06 bits per heavy atom. The van der Waals surface area contributed by atoms with Crippen molar-refractivity contribution >= 4 is 17.5 Å². The van der Waals surface area contributed by atoms with E-state index in [1.165, 1.54) is 5.01 Å². The van der Waals surface area contributed by atoms with Gasteiger partial charge in [-0.3, -0.25) is 4.79 Å². The van der Waals surface area contributed by atoms with Crippen LogP contribution in [0, 0.1) is 17.5 Å². The number of carbonyl (C=O) groups is 1. The van der Waals surface area contributed by atoms with Crippen molar-refractivity contribution in [2.45, 2.75) is 39.5 Å². The zero-order valence-electron chi connectivity index (χ0n) is 19.9. The fraction of sp³-hybridized carbons (Fsp3) is 0.222. The SMILES string of the molecule is C/C(=C/C(C)NC(=O)Cc1ccccc1)N(N)Cc1cc(Cl)ccc1OCc1cc(F)c(F)cc1F. The summed E-state index contributed by atoms with van der Waals surface area (Å²) in [4.78, 5) is 12.3. The molecule has 0 saturated heterocycles. The largest absolute Gasteiger partial charge is 0.488 e. The molecule has 1 unspecified atom stereocenters. The highest BCUT2D eigenvalue weighted by atomic mass is 35.5.